The van der Waals surface area contributed by atoms with Gasteiger partial charge in [-0.1, -0.05) is 6.07 Å². The topological polar surface area (TPSA) is 57.3 Å². The number of amides is 1. The summed E-state index contributed by atoms with van der Waals surface area (Å²) in [6, 6.07) is 4.03. The minimum atomic E-state index is -0.316. The Kier molecular flexibility index (Phi) is 4.04. The van der Waals surface area contributed by atoms with E-state index in [1.165, 1.54) is 5.56 Å². The number of aromatic nitrogens is 1. The van der Waals surface area contributed by atoms with E-state index in [-0.39, 0.29) is 11.3 Å². The van der Waals surface area contributed by atoms with Gasteiger partial charge < -0.3 is 15.5 Å². The van der Waals surface area contributed by atoms with Crippen molar-refractivity contribution in [1.82, 2.24) is 15.6 Å². The van der Waals surface area contributed by atoms with Crippen LogP contribution >= 0.6 is 0 Å². The molecule has 1 aromatic heterocycles. The van der Waals surface area contributed by atoms with Crippen LogP contribution in [0.4, 0.5) is 5.82 Å². The van der Waals surface area contributed by atoms with Crippen LogP contribution in [0, 0.1) is 5.41 Å². The molecule has 19 heavy (non-hydrogen) atoms. The van der Waals surface area contributed by atoms with Crippen molar-refractivity contribution in [2.24, 2.45) is 5.41 Å². The number of nitrogens with zero attached hydrogens (tertiary/aromatic N) is 2. The normalized spacial score (nSPS) is 22.6. The van der Waals surface area contributed by atoms with E-state index in [0.717, 1.165) is 31.9 Å². The fraction of sp³-hybridized carbons (Fsp3) is 0.571. The number of carbonyl (C=O) groups excluding carboxylic acids is 1. The molecule has 0 bridgehead atoms. The first-order valence-corrected chi connectivity index (χ1v) is 6.66. The molecule has 2 heterocycles. The molecule has 1 atom stereocenters. The van der Waals surface area contributed by atoms with Gasteiger partial charge in [0.05, 0.1) is 5.41 Å². The maximum Gasteiger partial charge on any atom is 0.227 e. The number of nitrogens with one attached hydrogen (secondary N) is 2. The fourth-order valence-corrected chi connectivity index (χ4v) is 2.67. The van der Waals surface area contributed by atoms with E-state index in [0.29, 0.717) is 0 Å². The first kappa shape index (κ1) is 13.8. The summed E-state index contributed by atoms with van der Waals surface area (Å²) in [4.78, 5) is 18.6. The monoisotopic (exact) mass is 262 g/mol. The molecule has 2 rings (SSSR count). The molecule has 0 radical (unpaired) electrons. The van der Waals surface area contributed by atoms with E-state index in [1.807, 2.05) is 26.2 Å². The Labute approximate surface area is 114 Å². The molecule has 1 unspecified atom stereocenters. The summed E-state index contributed by atoms with van der Waals surface area (Å²) in [7, 11) is 3.62. The molecule has 0 aliphatic carbocycles. The van der Waals surface area contributed by atoms with Crippen LogP contribution in [0.3, 0.4) is 0 Å². The number of pyridine rings is 1. The van der Waals surface area contributed by atoms with Crippen molar-refractivity contribution in [2.45, 2.75) is 19.9 Å². The number of rotatable bonds is 4. The molecule has 1 saturated heterocycles. The van der Waals surface area contributed by atoms with Crippen LogP contribution in [0.2, 0.25) is 0 Å². The second-order valence-electron chi connectivity index (χ2n) is 5.33. The van der Waals surface area contributed by atoms with Crippen LogP contribution in [-0.4, -0.2) is 38.1 Å². The molecule has 1 amide bonds. The van der Waals surface area contributed by atoms with Crippen LogP contribution in [0.5, 0.6) is 0 Å². The van der Waals surface area contributed by atoms with Gasteiger partial charge in [0.1, 0.15) is 5.82 Å². The average Bonchev–Trinajstić information content (AvgIpc) is 2.83. The van der Waals surface area contributed by atoms with Crippen LogP contribution < -0.4 is 15.5 Å². The van der Waals surface area contributed by atoms with Gasteiger partial charge in [-0.2, -0.15) is 0 Å². The van der Waals surface area contributed by atoms with Gasteiger partial charge >= 0.3 is 0 Å². The van der Waals surface area contributed by atoms with Crippen molar-refractivity contribution >= 4 is 11.7 Å². The lowest BCUT2D eigenvalue weighted by Crippen LogP contribution is -2.39. The van der Waals surface area contributed by atoms with Gasteiger partial charge in [0, 0.05) is 38.4 Å². The lowest BCUT2D eigenvalue weighted by Gasteiger charge is -2.24. The summed E-state index contributed by atoms with van der Waals surface area (Å²) >= 11 is 0. The third-order valence-electron chi connectivity index (χ3n) is 3.78. The number of carbonyl (C=O) groups is 1. The van der Waals surface area contributed by atoms with E-state index in [9.17, 15) is 4.79 Å². The first-order chi connectivity index (χ1) is 9.10. The van der Waals surface area contributed by atoms with Gasteiger partial charge in [0.2, 0.25) is 5.91 Å². The second-order valence-corrected chi connectivity index (χ2v) is 5.33. The molecule has 0 aromatic carbocycles. The highest BCUT2D eigenvalue weighted by molar-refractivity contribution is 5.83. The molecular weight excluding hydrogens is 240 g/mol. The Morgan fingerprint density at radius 1 is 1.53 bits per heavy atom. The van der Waals surface area contributed by atoms with Crippen molar-refractivity contribution < 1.29 is 4.79 Å². The van der Waals surface area contributed by atoms with Gasteiger partial charge in [0.15, 0.2) is 0 Å². The molecule has 1 aliphatic rings. The molecule has 0 saturated carbocycles. The van der Waals surface area contributed by atoms with Crippen molar-refractivity contribution in [1.29, 1.82) is 0 Å². The zero-order chi connectivity index (χ0) is 13.9. The molecule has 2 N–H and O–H groups in total. The average molecular weight is 262 g/mol. The van der Waals surface area contributed by atoms with Crippen molar-refractivity contribution in [3.63, 3.8) is 0 Å². The molecule has 1 fully saturated rings. The van der Waals surface area contributed by atoms with Gasteiger partial charge in [-0.3, -0.25) is 4.79 Å². The predicted octanol–water partition coefficient (Wildman–Crippen LogP) is 0.763. The summed E-state index contributed by atoms with van der Waals surface area (Å²) in [6.45, 7) is 4.40. The summed E-state index contributed by atoms with van der Waals surface area (Å²) in [5, 5.41) is 5.92. The van der Waals surface area contributed by atoms with Crippen LogP contribution in [0.25, 0.3) is 0 Å². The summed E-state index contributed by atoms with van der Waals surface area (Å²) < 4.78 is 0. The van der Waals surface area contributed by atoms with Crippen molar-refractivity contribution in [3.8, 4) is 0 Å². The Bertz CT molecular complexity index is 463. The number of hydrogen-bond donors (Lipinski definition) is 2. The largest absolute Gasteiger partial charge is 0.359 e. The standard InChI is InChI=1S/C14H22N4O/c1-14(13(19)16-3)6-8-18(10-14)12-11(9-15-2)5-4-7-17-12/h4-5,7,15H,6,8-10H2,1-3H3,(H,16,19). The summed E-state index contributed by atoms with van der Waals surface area (Å²) in [6.07, 6.45) is 2.67. The van der Waals surface area contributed by atoms with Gasteiger partial charge in [0.25, 0.3) is 0 Å². The maximum absolute atomic E-state index is 12.0. The number of hydrogen-bond acceptors (Lipinski definition) is 4. The van der Waals surface area contributed by atoms with E-state index in [2.05, 4.69) is 26.6 Å². The van der Waals surface area contributed by atoms with E-state index >= 15 is 0 Å². The number of anilines is 1. The van der Waals surface area contributed by atoms with Crippen molar-refractivity contribution in [3.05, 3.63) is 23.9 Å². The van der Waals surface area contributed by atoms with Gasteiger partial charge in [-0.05, 0) is 26.5 Å². The summed E-state index contributed by atoms with van der Waals surface area (Å²) in [5.74, 6) is 1.10. The minimum absolute atomic E-state index is 0.112. The molecule has 5 heteroatoms. The van der Waals surface area contributed by atoms with E-state index in [1.54, 1.807) is 7.05 Å². The Hall–Kier alpha value is -1.62. The third-order valence-corrected chi connectivity index (χ3v) is 3.78. The predicted molar refractivity (Wildman–Crippen MR) is 76.0 cm³/mol. The molecular formula is C14H22N4O. The van der Waals surface area contributed by atoms with E-state index < -0.39 is 0 Å². The Morgan fingerprint density at radius 2 is 2.32 bits per heavy atom. The lowest BCUT2D eigenvalue weighted by molar-refractivity contribution is -0.128. The SMILES string of the molecule is CNCc1cccnc1N1CCC(C)(C(=O)NC)C1. The molecule has 104 valence electrons. The molecule has 1 aliphatic heterocycles. The zero-order valence-corrected chi connectivity index (χ0v) is 11.9. The Balaban J connectivity index is 2.19. The second kappa shape index (κ2) is 5.57. The molecule has 1 aromatic rings. The Morgan fingerprint density at radius 3 is 3.00 bits per heavy atom. The van der Waals surface area contributed by atoms with Gasteiger partial charge in [-0.25, -0.2) is 4.98 Å². The first-order valence-electron chi connectivity index (χ1n) is 6.66. The third kappa shape index (κ3) is 2.71. The highest BCUT2D eigenvalue weighted by Crippen LogP contribution is 2.33. The van der Waals surface area contributed by atoms with Gasteiger partial charge in [-0.15, -0.1) is 0 Å². The minimum Gasteiger partial charge on any atom is -0.359 e. The van der Waals surface area contributed by atoms with Crippen LogP contribution in [-0.2, 0) is 11.3 Å². The zero-order valence-electron chi connectivity index (χ0n) is 11.9. The molecule has 5 nitrogen and oxygen atoms in total. The van der Waals surface area contributed by atoms with E-state index in [4.69, 9.17) is 0 Å². The lowest BCUT2D eigenvalue weighted by atomic mass is 9.89. The molecule has 0 spiro atoms. The fourth-order valence-electron chi connectivity index (χ4n) is 2.67. The van der Waals surface area contributed by atoms with Crippen LogP contribution in [0.1, 0.15) is 18.9 Å². The van der Waals surface area contributed by atoms with Crippen molar-refractivity contribution in [2.75, 3.05) is 32.1 Å². The quantitative estimate of drug-likeness (QED) is 0.841. The highest BCUT2D eigenvalue weighted by atomic mass is 16.2. The summed E-state index contributed by atoms with van der Waals surface area (Å²) in [5.41, 5.74) is 0.856. The van der Waals surface area contributed by atoms with Crippen LogP contribution in [0.15, 0.2) is 18.3 Å². The smallest absolute Gasteiger partial charge is 0.227 e. The maximum atomic E-state index is 12.0. The highest BCUT2D eigenvalue weighted by Gasteiger charge is 2.40.